The molecule has 3 aromatic heterocycles. The summed E-state index contributed by atoms with van der Waals surface area (Å²) in [5.74, 6) is 0. The van der Waals surface area contributed by atoms with Crippen LogP contribution in [0.2, 0.25) is 0 Å². The van der Waals surface area contributed by atoms with Crippen LogP contribution in [0.15, 0.2) is 73.2 Å². The van der Waals surface area contributed by atoms with Crippen molar-refractivity contribution >= 4 is 32.0 Å². The number of fused-ring (bicyclic) bond motifs is 2. The second kappa shape index (κ2) is 8.64. The first kappa shape index (κ1) is 22.0. The van der Waals surface area contributed by atoms with Gasteiger partial charge in [-0.25, -0.2) is 13.4 Å². The summed E-state index contributed by atoms with van der Waals surface area (Å²) in [6.45, 7) is 3.43. The topological polar surface area (TPSA) is 85.1 Å². The molecular weight excluding hydrogens is 458 g/mol. The number of hydrogen-bond donors (Lipinski definition) is 2. The summed E-state index contributed by atoms with van der Waals surface area (Å²) in [5.41, 5.74) is 7.73. The Balaban J connectivity index is 1.21. The maximum absolute atomic E-state index is 11.7. The number of rotatable bonds is 5. The average molecular weight is 486 g/mol. The fraction of sp³-hybridized carbons (Fsp3) is 0.222. The number of piperazine rings is 1. The smallest absolute Gasteiger partial charge is 0.211 e. The van der Waals surface area contributed by atoms with E-state index < -0.39 is 10.0 Å². The summed E-state index contributed by atoms with van der Waals surface area (Å²) in [4.78, 5) is 13.5. The molecule has 1 fully saturated rings. The lowest BCUT2D eigenvalue weighted by Gasteiger charge is -2.33. The molecule has 2 aromatic carbocycles. The molecule has 0 unspecified atom stereocenters. The molecule has 178 valence electrons. The average Bonchev–Trinajstić information content (AvgIpc) is 3.50. The number of benzene rings is 2. The van der Waals surface area contributed by atoms with E-state index in [1.165, 1.54) is 17.2 Å². The minimum atomic E-state index is -3.10. The van der Waals surface area contributed by atoms with Crippen LogP contribution in [0.5, 0.6) is 0 Å². The molecule has 0 amide bonds. The largest absolute Gasteiger partial charge is 0.361 e. The number of aromatic nitrogens is 3. The van der Waals surface area contributed by atoms with Crippen molar-refractivity contribution in [1.82, 2.24) is 24.2 Å². The van der Waals surface area contributed by atoms with Crippen molar-refractivity contribution in [3.63, 3.8) is 0 Å². The van der Waals surface area contributed by atoms with Gasteiger partial charge in [-0.2, -0.15) is 4.31 Å². The quantitative estimate of drug-likeness (QED) is 0.385. The Hall–Kier alpha value is -3.46. The highest BCUT2D eigenvalue weighted by Crippen LogP contribution is 2.32. The molecule has 0 spiro atoms. The van der Waals surface area contributed by atoms with Gasteiger partial charge in [-0.15, -0.1) is 0 Å². The van der Waals surface area contributed by atoms with Crippen LogP contribution in [0.1, 0.15) is 5.56 Å². The molecule has 1 saturated heterocycles. The first-order valence-electron chi connectivity index (χ1n) is 11.8. The molecular formula is C27H27N5O2S. The van der Waals surface area contributed by atoms with Gasteiger partial charge in [-0.1, -0.05) is 30.3 Å². The number of sulfonamides is 1. The summed E-state index contributed by atoms with van der Waals surface area (Å²) in [7, 11) is -3.10. The molecule has 8 heteroatoms. The van der Waals surface area contributed by atoms with Crippen molar-refractivity contribution in [3.8, 4) is 22.3 Å². The van der Waals surface area contributed by atoms with E-state index in [1.807, 2.05) is 18.6 Å². The molecule has 4 heterocycles. The second-order valence-electron chi connectivity index (χ2n) is 9.24. The molecule has 2 N–H and O–H groups in total. The molecule has 0 radical (unpaired) electrons. The molecule has 0 atom stereocenters. The molecule has 1 aliphatic heterocycles. The lowest BCUT2D eigenvalue weighted by Crippen LogP contribution is -2.47. The van der Waals surface area contributed by atoms with Gasteiger partial charge < -0.3 is 9.97 Å². The van der Waals surface area contributed by atoms with E-state index >= 15 is 0 Å². The number of nitrogens with one attached hydrogen (secondary N) is 2. The van der Waals surface area contributed by atoms with Crippen molar-refractivity contribution in [2.45, 2.75) is 6.54 Å². The Labute approximate surface area is 204 Å². The first-order chi connectivity index (χ1) is 16.9. The summed E-state index contributed by atoms with van der Waals surface area (Å²) in [6, 6.07) is 19.3. The number of H-pyrrole nitrogens is 2. The number of pyridine rings is 1. The Morgan fingerprint density at radius 1 is 0.886 bits per heavy atom. The molecule has 0 aliphatic carbocycles. The van der Waals surface area contributed by atoms with Gasteiger partial charge in [0.25, 0.3) is 0 Å². The van der Waals surface area contributed by atoms with Crippen molar-refractivity contribution in [2.24, 2.45) is 0 Å². The van der Waals surface area contributed by atoms with E-state index in [1.54, 1.807) is 4.31 Å². The fourth-order valence-electron chi connectivity index (χ4n) is 4.90. The van der Waals surface area contributed by atoms with Gasteiger partial charge in [0.2, 0.25) is 10.0 Å². The first-order valence-corrected chi connectivity index (χ1v) is 13.6. The van der Waals surface area contributed by atoms with Gasteiger partial charge in [0.15, 0.2) is 0 Å². The van der Waals surface area contributed by atoms with Crippen LogP contribution in [-0.4, -0.2) is 65.0 Å². The fourth-order valence-corrected chi connectivity index (χ4v) is 5.73. The van der Waals surface area contributed by atoms with Crippen molar-refractivity contribution < 1.29 is 8.42 Å². The van der Waals surface area contributed by atoms with Gasteiger partial charge in [0, 0.05) is 73.3 Å². The lowest BCUT2D eigenvalue weighted by atomic mass is 10.0. The van der Waals surface area contributed by atoms with Crippen LogP contribution in [-0.2, 0) is 16.6 Å². The molecule has 5 aromatic rings. The molecule has 7 nitrogen and oxygen atoms in total. The number of nitrogens with zero attached hydrogens (tertiary/aromatic N) is 3. The highest BCUT2D eigenvalue weighted by atomic mass is 32.2. The molecule has 0 saturated carbocycles. The summed E-state index contributed by atoms with van der Waals surface area (Å²) < 4.78 is 25.0. The van der Waals surface area contributed by atoms with Crippen molar-refractivity contribution in [2.75, 3.05) is 32.4 Å². The lowest BCUT2D eigenvalue weighted by molar-refractivity contribution is 0.182. The van der Waals surface area contributed by atoms with E-state index in [-0.39, 0.29) is 0 Å². The SMILES string of the molecule is CS(=O)(=O)N1CCN(Cc2ccc(-c3cnc4[nH]cc(-c5ccc6[nH]ccc6c5)c4c3)cc2)CC1. The summed E-state index contributed by atoms with van der Waals surface area (Å²) in [5, 5.41) is 2.29. The zero-order valence-corrected chi connectivity index (χ0v) is 20.3. The van der Waals surface area contributed by atoms with E-state index in [4.69, 9.17) is 0 Å². The highest BCUT2D eigenvalue weighted by molar-refractivity contribution is 7.88. The minimum Gasteiger partial charge on any atom is -0.361 e. The second-order valence-corrected chi connectivity index (χ2v) is 11.2. The van der Waals surface area contributed by atoms with Gasteiger partial charge in [-0.3, -0.25) is 4.90 Å². The Morgan fingerprint density at radius 3 is 2.43 bits per heavy atom. The standard InChI is InChI=1S/C27H27N5O2S/c1-35(33,34)32-12-10-31(11-13-32)18-19-2-4-20(5-3-19)23-15-24-25(17-30-27(24)29-16-23)21-6-7-26-22(14-21)8-9-28-26/h2-9,14-17,28H,10-13,18H2,1H3,(H,29,30). The number of hydrogen-bond acceptors (Lipinski definition) is 4. The molecule has 0 bridgehead atoms. The third kappa shape index (κ3) is 4.36. The van der Waals surface area contributed by atoms with Crippen LogP contribution >= 0.6 is 0 Å². The number of aromatic amines is 2. The van der Waals surface area contributed by atoms with Crippen LogP contribution in [0.25, 0.3) is 44.2 Å². The van der Waals surface area contributed by atoms with E-state index in [0.717, 1.165) is 58.4 Å². The van der Waals surface area contributed by atoms with E-state index in [0.29, 0.717) is 13.1 Å². The predicted octanol–water partition coefficient (Wildman–Crippen LogP) is 4.46. The Kier molecular flexibility index (Phi) is 5.44. The summed E-state index contributed by atoms with van der Waals surface area (Å²) >= 11 is 0. The van der Waals surface area contributed by atoms with Crippen molar-refractivity contribution in [3.05, 3.63) is 78.8 Å². The normalized spacial score (nSPS) is 15.8. The van der Waals surface area contributed by atoms with Gasteiger partial charge in [0.05, 0.1) is 6.26 Å². The maximum atomic E-state index is 11.7. The van der Waals surface area contributed by atoms with Crippen molar-refractivity contribution in [1.29, 1.82) is 0 Å². The minimum absolute atomic E-state index is 0.554. The predicted molar refractivity (Wildman–Crippen MR) is 141 cm³/mol. The third-order valence-corrected chi connectivity index (χ3v) is 8.19. The van der Waals surface area contributed by atoms with Crippen LogP contribution in [0, 0.1) is 0 Å². The molecule has 1 aliphatic rings. The molecule has 35 heavy (non-hydrogen) atoms. The van der Waals surface area contributed by atoms with E-state index in [2.05, 4.69) is 74.4 Å². The highest BCUT2D eigenvalue weighted by Gasteiger charge is 2.23. The van der Waals surface area contributed by atoms with Crippen LogP contribution < -0.4 is 0 Å². The van der Waals surface area contributed by atoms with Gasteiger partial charge in [-0.05, 0) is 46.3 Å². The monoisotopic (exact) mass is 485 g/mol. The van der Waals surface area contributed by atoms with Crippen LogP contribution in [0.3, 0.4) is 0 Å². The zero-order valence-electron chi connectivity index (χ0n) is 19.5. The maximum Gasteiger partial charge on any atom is 0.211 e. The molecule has 6 rings (SSSR count). The van der Waals surface area contributed by atoms with E-state index in [9.17, 15) is 8.42 Å². The zero-order chi connectivity index (χ0) is 24.0. The van der Waals surface area contributed by atoms with Gasteiger partial charge >= 0.3 is 0 Å². The Bertz CT molecular complexity index is 1610. The third-order valence-electron chi connectivity index (χ3n) is 6.89. The Morgan fingerprint density at radius 2 is 1.66 bits per heavy atom. The van der Waals surface area contributed by atoms with Gasteiger partial charge in [0.1, 0.15) is 5.65 Å². The van der Waals surface area contributed by atoms with Crippen LogP contribution in [0.4, 0.5) is 0 Å². The summed E-state index contributed by atoms with van der Waals surface area (Å²) in [6.07, 6.45) is 7.19.